The first kappa shape index (κ1) is 21.1. The number of aromatic nitrogens is 1. The summed E-state index contributed by atoms with van der Waals surface area (Å²) in [6, 6.07) is 29.6. The molecule has 0 amide bonds. The van der Waals surface area contributed by atoms with Gasteiger partial charge in [-0.25, -0.2) is 0 Å². The second-order valence-electron chi connectivity index (χ2n) is 10.3. The van der Waals surface area contributed by atoms with Gasteiger partial charge in [0.15, 0.2) is 0 Å². The van der Waals surface area contributed by atoms with Gasteiger partial charge in [-0.2, -0.15) is 0 Å². The van der Waals surface area contributed by atoms with E-state index in [0.29, 0.717) is 5.92 Å². The predicted molar refractivity (Wildman–Crippen MR) is 145 cm³/mol. The molecule has 160 valence electrons. The van der Waals surface area contributed by atoms with Gasteiger partial charge in [-0.15, -0.1) is 0 Å². The topological polar surface area (TPSA) is 12.9 Å². The molecule has 0 radical (unpaired) electrons. The third-order valence-electron chi connectivity index (χ3n) is 6.72. The van der Waals surface area contributed by atoms with Crippen LogP contribution in [0.5, 0.6) is 0 Å². The number of hydrogen-bond acceptors (Lipinski definition) is 1. The Hall–Kier alpha value is -2.76. The summed E-state index contributed by atoms with van der Waals surface area (Å²) in [6.45, 7) is 11.9. The molecule has 1 unspecified atom stereocenters. The van der Waals surface area contributed by atoms with E-state index >= 15 is 0 Å². The maximum absolute atomic E-state index is 4.94. The molecular formula is C29H31NSi2. The Kier molecular flexibility index (Phi) is 5.27. The van der Waals surface area contributed by atoms with E-state index in [0.717, 1.165) is 5.69 Å². The van der Waals surface area contributed by atoms with Gasteiger partial charge in [-0.3, -0.25) is 4.98 Å². The molecule has 0 N–H and O–H groups in total. The molecule has 3 aromatic carbocycles. The van der Waals surface area contributed by atoms with Crippen molar-refractivity contribution in [1.29, 1.82) is 0 Å². The van der Waals surface area contributed by atoms with Crippen LogP contribution in [0.25, 0.3) is 22.4 Å². The van der Waals surface area contributed by atoms with Gasteiger partial charge in [0.05, 0.1) is 13.8 Å². The van der Waals surface area contributed by atoms with Crippen molar-refractivity contribution in [3.8, 4) is 22.4 Å². The van der Waals surface area contributed by atoms with Crippen LogP contribution in [-0.2, 0) is 0 Å². The standard InChI is InChI=1S/C29H31NSi2/c1-20(2)25-19-30-26(18-29(25)32(3,4)5)21-15-16-28-24(17-21)23-13-9-10-14-27(23)31(28)22-11-7-6-8-12-22/h6-20,31H,1-5H3. The summed E-state index contributed by atoms with van der Waals surface area (Å²) in [5.41, 5.74) is 6.57. The molecule has 0 saturated carbocycles. The fourth-order valence-corrected chi connectivity index (χ4v) is 10.3. The van der Waals surface area contributed by atoms with E-state index in [9.17, 15) is 0 Å². The number of rotatable bonds is 4. The van der Waals surface area contributed by atoms with Gasteiger partial charge in [0.1, 0.15) is 8.80 Å². The van der Waals surface area contributed by atoms with E-state index < -0.39 is 16.9 Å². The summed E-state index contributed by atoms with van der Waals surface area (Å²) in [6.07, 6.45) is 2.14. The summed E-state index contributed by atoms with van der Waals surface area (Å²) >= 11 is 0. The van der Waals surface area contributed by atoms with Gasteiger partial charge in [0.25, 0.3) is 0 Å². The lowest BCUT2D eigenvalue weighted by atomic mass is 10.00. The Bertz CT molecular complexity index is 1290. The Morgan fingerprint density at radius 3 is 2.16 bits per heavy atom. The normalized spacial score (nSPS) is 15.0. The molecule has 4 aromatic rings. The van der Waals surface area contributed by atoms with Crippen LogP contribution < -0.4 is 20.7 Å². The van der Waals surface area contributed by atoms with Crippen molar-refractivity contribution in [3.63, 3.8) is 0 Å². The average molecular weight is 450 g/mol. The predicted octanol–water partition coefficient (Wildman–Crippen LogP) is 4.65. The lowest BCUT2D eigenvalue weighted by molar-refractivity contribution is 0.864. The summed E-state index contributed by atoms with van der Waals surface area (Å²) in [5, 5.41) is 6.10. The van der Waals surface area contributed by atoms with Gasteiger partial charge < -0.3 is 0 Å². The zero-order valence-electron chi connectivity index (χ0n) is 19.7. The van der Waals surface area contributed by atoms with E-state index in [1.807, 2.05) is 0 Å². The molecule has 0 bridgehead atoms. The quantitative estimate of drug-likeness (QED) is 0.364. The van der Waals surface area contributed by atoms with Gasteiger partial charge in [0, 0.05) is 11.8 Å². The highest BCUT2D eigenvalue weighted by molar-refractivity contribution is 6.99. The van der Waals surface area contributed by atoms with E-state index in [4.69, 9.17) is 4.98 Å². The fraction of sp³-hybridized carbons (Fsp3) is 0.207. The van der Waals surface area contributed by atoms with E-state index in [1.54, 1.807) is 0 Å². The van der Waals surface area contributed by atoms with E-state index in [1.165, 1.54) is 43.0 Å². The van der Waals surface area contributed by atoms with Crippen molar-refractivity contribution >= 4 is 37.6 Å². The number of fused-ring (bicyclic) bond motifs is 3. The maximum atomic E-state index is 4.94. The van der Waals surface area contributed by atoms with E-state index in [-0.39, 0.29) is 0 Å². The molecule has 1 atom stereocenters. The number of hydrogen-bond donors (Lipinski definition) is 0. The number of pyridine rings is 1. The van der Waals surface area contributed by atoms with Gasteiger partial charge in [0.2, 0.25) is 0 Å². The lowest BCUT2D eigenvalue weighted by Gasteiger charge is -2.23. The minimum absolute atomic E-state index is 0.503. The highest BCUT2D eigenvalue weighted by Gasteiger charge is 2.31. The van der Waals surface area contributed by atoms with Crippen LogP contribution in [0.2, 0.25) is 19.6 Å². The summed E-state index contributed by atoms with van der Waals surface area (Å²) in [4.78, 5) is 4.94. The highest BCUT2D eigenvalue weighted by atomic mass is 28.3. The van der Waals surface area contributed by atoms with Gasteiger partial charge >= 0.3 is 0 Å². The van der Waals surface area contributed by atoms with Gasteiger partial charge in [-0.05, 0) is 45.1 Å². The van der Waals surface area contributed by atoms with Crippen LogP contribution in [0, 0.1) is 0 Å². The molecule has 2 heterocycles. The number of nitrogens with zero attached hydrogens (tertiary/aromatic N) is 1. The number of benzene rings is 3. The summed E-state index contributed by atoms with van der Waals surface area (Å²) in [7, 11) is -2.89. The first-order chi connectivity index (χ1) is 15.3. The second kappa shape index (κ2) is 7.98. The van der Waals surface area contributed by atoms with Crippen LogP contribution in [0.15, 0.2) is 85.1 Å². The average Bonchev–Trinajstić information content (AvgIpc) is 3.12. The van der Waals surface area contributed by atoms with Crippen LogP contribution in [0.4, 0.5) is 0 Å². The maximum Gasteiger partial charge on any atom is 0.134 e. The van der Waals surface area contributed by atoms with Crippen LogP contribution in [0.1, 0.15) is 25.3 Å². The lowest BCUT2D eigenvalue weighted by Crippen LogP contribution is -2.48. The molecule has 1 aliphatic heterocycles. The largest absolute Gasteiger partial charge is 0.256 e. The molecule has 0 saturated heterocycles. The van der Waals surface area contributed by atoms with Crippen molar-refractivity contribution in [2.24, 2.45) is 0 Å². The molecule has 1 aromatic heterocycles. The minimum Gasteiger partial charge on any atom is -0.256 e. The SMILES string of the molecule is CC(C)c1cnc(-c2ccc3c(c2)-c2ccccc2[SiH]3c2ccccc2)cc1[Si](C)(C)C. The Labute approximate surface area is 194 Å². The summed E-state index contributed by atoms with van der Waals surface area (Å²) < 4.78 is 0. The smallest absolute Gasteiger partial charge is 0.134 e. The van der Waals surface area contributed by atoms with Crippen molar-refractivity contribution < 1.29 is 0 Å². The molecule has 3 heteroatoms. The molecule has 0 aliphatic carbocycles. The van der Waals surface area contributed by atoms with Crippen LogP contribution >= 0.6 is 0 Å². The Morgan fingerprint density at radius 2 is 1.44 bits per heavy atom. The van der Waals surface area contributed by atoms with Crippen molar-refractivity contribution in [2.75, 3.05) is 0 Å². The molecular weight excluding hydrogens is 418 g/mol. The first-order valence-electron chi connectivity index (χ1n) is 11.6. The monoisotopic (exact) mass is 449 g/mol. The fourth-order valence-electron chi connectivity index (χ4n) is 5.10. The Balaban J connectivity index is 1.66. The molecule has 1 nitrogen and oxygen atoms in total. The van der Waals surface area contributed by atoms with Gasteiger partial charge in [-0.1, -0.05) is 111 Å². The Morgan fingerprint density at radius 1 is 0.750 bits per heavy atom. The third kappa shape index (κ3) is 3.60. The zero-order valence-corrected chi connectivity index (χ0v) is 21.8. The van der Waals surface area contributed by atoms with Crippen molar-refractivity contribution in [3.05, 3.63) is 90.6 Å². The molecule has 0 spiro atoms. The zero-order chi connectivity index (χ0) is 22.5. The minimum atomic E-state index is -1.47. The molecule has 5 rings (SSSR count). The third-order valence-corrected chi connectivity index (χ3v) is 12.1. The van der Waals surface area contributed by atoms with Crippen LogP contribution in [-0.4, -0.2) is 21.9 Å². The van der Waals surface area contributed by atoms with Crippen molar-refractivity contribution in [1.82, 2.24) is 4.98 Å². The molecule has 1 aliphatic rings. The van der Waals surface area contributed by atoms with Crippen LogP contribution in [0.3, 0.4) is 0 Å². The van der Waals surface area contributed by atoms with E-state index in [2.05, 4.69) is 119 Å². The first-order valence-corrected chi connectivity index (χ1v) is 16.9. The highest BCUT2D eigenvalue weighted by Crippen LogP contribution is 2.28. The molecule has 0 fully saturated rings. The van der Waals surface area contributed by atoms with Crippen molar-refractivity contribution in [2.45, 2.75) is 39.4 Å². The second-order valence-corrected chi connectivity index (χ2v) is 18.1. The molecule has 32 heavy (non-hydrogen) atoms. The summed E-state index contributed by atoms with van der Waals surface area (Å²) in [5.74, 6) is 0.503.